The van der Waals surface area contributed by atoms with Crippen LogP contribution in [-0.2, 0) is 11.4 Å². The van der Waals surface area contributed by atoms with Gasteiger partial charge in [0.1, 0.15) is 6.61 Å². The van der Waals surface area contributed by atoms with Gasteiger partial charge in [-0.1, -0.05) is 29.8 Å². The molecule has 0 aliphatic carbocycles. The summed E-state index contributed by atoms with van der Waals surface area (Å²) in [5.74, 6) is 1.30. The summed E-state index contributed by atoms with van der Waals surface area (Å²) >= 11 is 3.54. The van der Waals surface area contributed by atoms with E-state index in [4.69, 9.17) is 18.9 Å². The van der Waals surface area contributed by atoms with Crippen LogP contribution >= 0.6 is 15.9 Å². The zero-order valence-corrected chi connectivity index (χ0v) is 22.0. The highest BCUT2D eigenvalue weighted by molar-refractivity contribution is 9.10. The van der Waals surface area contributed by atoms with Gasteiger partial charge in [-0.3, -0.25) is 9.59 Å². The molecular weight excluding hydrogens is 542 g/mol. The van der Waals surface area contributed by atoms with Gasteiger partial charge in [0.05, 0.1) is 23.8 Å². The zero-order valence-electron chi connectivity index (χ0n) is 20.4. The summed E-state index contributed by atoms with van der Waals surface area (Å²) in [6.07, 6.45) is 1.48. The SMILES string of the molecule is CCOc1cc(/C=N/NC(=O)CNC(=O)c2ccc3c(c2)OCO3)cc(Br)c1OCc1ccc(C)cc1. The first-order valence-electron chi connectivity index (χ1n) is 11.6. The Labute approximate surface area is 222 Å². The molecule has 4 rings (SSSR count). The molecule has 0 spiro atoms. The van der Waals surface area contributed by atoms with E-state index in [1.807, 2.05) is 44.2 Å². The molecule has 3 aromatic rings. The number of amides is 2. The topological polar surface area (TPSA) is 107 Å². The highest BCUT2D eigenvalue weighted by Crippen LogP contribution is 2.37. The van der Waals surface area contributed by atoms with Gasteiger partial charge in [-0.15, -0.1) is 0 Å². The van der Waals surface area contributed by atoms with Crippen LogP contribution in [0.2, 0.25) is 0 Å². The molecule has 9 nitrogen and oxygen atoms in total. The fraction of sp³-hybridized carbons (Fsp3) is 0.222. The number of nitrogens with one attached hydrogen (secondary N) is 2. The molecule has 0 aromatic heterocycles. The maximum absolute atomic E-state index is 12.3. The van der Waals surface area contributed by atoms with Gasteiger partial charge in [0.15, 0.2) is 23.0 Å². The van der Waals surface area contributed by atoms with E-state index in [9.17, 15) is 9.59 Å². The minimum absolute atomic E-state index is 0.118. The number of hydrogen-bond acceptors (Lipinski definition) is 7. The largest absolute Gasteiger partial charge is 0.490 e. The number of aryl methyl sites for hydroxylation is 1. The third-order valence-corrected chi connectivity index (χ3v) is 5.87. The highest BCUT2D eigenvalue weighted by Gasteiger charge is 2.17. The number of rotatable bonds is 10. The van der Waals surface area contributed by atoms with E-state index in [0.717, 1.165) is 5.56 Å². The maximum atomic E-state index is 12.3. The van der Waals surface area contributed by atoms with E-state index < -0.39 is 11.8 Å². The lowest BCUT2D eigenvalue weighted by Gasteiger charge is -2.15. The summed E-state index contributed by atoms with van der Waals surface area (Å²) in [7, 11) is 0. The van der Waals surface area contributed by atoms with Crippen LogP contribution in [0.3, 0.4) is 0 Å². The molecule has 0 atom stereocenters. The van der Waals surface area contributed by atoms with Crippen LogP contribution in [0.15, 0.2) is 64.2 Å². The van der Waals surface area contributed by atoms with Gasteiger partial charge < -0.3 is 24.3 Å². The minimum atomic E-state index is -0.479. The molecule has 192 valence electrons. The number of ether oxygens (including phenoxy) is 4. The summed E-state index contributed by atoms with van der Waals surface area (Å²) in [4.78, 5) is 24.5. The molecule has 0 bridgehead atoms. The minimum Gasteiger partial charge on any atom is -0.490 e. The summed E-state index contributed by atoms with van der Waals surface area (Å²) < 4.78 is 23.0. The number of benzene rings is 3. The smallest absolute Gasteiger partial charge is 0.259 e. The Morgan fingerprint density at radius 3 is 2.62 bits per heavy atom. The molecule has 3 aromatic carbocycles. The Kier molecular flexibility index (Phi) is 8.63. The summed E-state index contributed by atoms with van der Waals surface area (Å²) in [5, 5.41) is 6.53. The van der Waals surface area contributed by atoms with Crippen molar-refractivity contribution in [2.75, 3.05) is 19.9 Å². The van der Waals surface area contributed by atoms with Crippen LogP contribution in [0, 0.1) is 6.92 Å². The molecule has 2 amide bonds. The van der Waals surface area contributed by atoms with Crippen LogP contribution in [0.4, 0.5) is 0 Å². The lowest BCUT2D eigenvalue weighted by Crippen LogP contribution is -2.34. The van der Waals surface area contributed by atoms with E-state index in [1.165, 1.54) is 11.8 Å². The lowest BCUT2D eigenvalue weighted by molar-refractivity contribution is -0.120. The fourth-order valence-electron chi connectivity index (χ4n) is 3.42. The molecule has 1 aliphatic rings. The molecule has 10 heteroatoms. The van der Waals surface area contributed by atoms with Gasteiger partial charge in [0.2, 0.25) is 6.79 Å². The van der Waals surface area contributed by atoms with Crippen molar-refractivity contribution >= 4 is 34.0 Å². The van der Waals surface area contributed by atoms with E-state index in [-0.39, 0.29) is 13.3 Å². The van der Waals surface area contributed by atoms with Crippen molar-refractivity contribution in [1.29, 1.82) is 0 Å². The van der Waals surface area contributed by atoms with Crippen LogP contribution in [0.1, 0.15) is 34.0 Å². The second-order valence-corrected chi connectivity index (χ2v) is 8.94. The van der Waals surface area contributed by atoms with Gasteiger partial charge in [0.25, 0.3) is 11.8 Å². The van der Waals surface area contributed by atoms with Crippen molar-refractivity contribution in [2.45, 2.75) is 20.5 Å². The Morgan fingerprint density at radius 1 is 1.05 bits per heavy atom. The normalized spacial score (nSPS) is 11.9. The molecule has 37 heavy (non-hydrogen) atoms. The second-order valence-electron chi connectivity index (χ2n) is 8.08. The van der Waals surface area contributed by atoms with E-state index in [0.29, 0.717) is 51.8 Å². The quantitative estimate of drug-likeness (QED) is 0.278. The van der Waals surface area contributed by atoms with Gasteiger partial charge in [-0.25, -0.2) is 5.43 Å². The lowest BCUT2D eigenvalue weighted by atomic mass is 10.2. The van der Waals surface area contributed by atoms with Crippen LogP contribution in [0.5, 0.6) is 23.0 Å². The number of carbonyl (C=O) groups is 2. The first-order chi connectivity index (χ1) is 17.9. The predicted octanol–water partition coefficient (Wildman–Crippen LogP) is 4.34. The molecule has 0 saturated carbocycles. The Morgan fingerprint density at radius 2 is 1.84 bits per heavy atom. The molecule has 0 fully saturated rings. The standard InChI is InChI=1S/C27H26BrN3O6/c1-3-34-24-11-19(10-21(28)26(24)35-15-18-6-4-17(2)5-7-18)13-30-31-25(32)14-29-27(33)20-8-9-22-23(12-20)37-16-36-22/h4-13H,3,14-16H2,1-2H3,(H,29,33)(H,31,32)/b30-13+. The molecule has 1 aliphatic heterocycles. The van der Waals surface area contributed by atoms with Crippen molar-refractivity contribution < 1.29 is 28.5 Å². The summed E-state index contributed by atoms with van der Waals surface area (Å²) in [5.41, 5.74) is 5.67. The van der Waals surface area contributed by atoms with Crippen molar-refractivity contribution in [2.24, 2.45) is 5.10 Å². The average molecular weight is 568 g/mol. The molecule has 2 N–H and O–H groups in total. The summed E-state index contributed by atoms with van der Waals surface area (Å²) in [6, 6.07) is 16.5. The van der Waals surface area contributed by atoms with Gasteiger partial charge in [-0.2, -0.15) is 5.10 Å². The number of hydrogen-bond donors (Lipinski definition) is 2. The molecule has 1 heterocycles. The number of halogens is 1. The van der Waals surface area contributed by atoms with Crippen molar-refractivity contribution in [3.63, 3.8) is 0 Å². The first-order valence-corrected chi connectivity index (χ1v) is 12.4. The predicted molar refractivity (Wildman–Crippen MR) is 141 cm³/mol. The van der Waals surface area contributed by atoms with Crippen LogP contribution < -0.4 is 29.7 Å². The van der Waals surface area contributed by atoms with E-state index in [1.54, 1.807) is 24.3 Å². The van der Waals surface area contributed by atoms with Crippen molar-refractivity contribution in [3.05, 3.63) is 81.3 Å². The molecule has 0 unspecified atom stereocenters. The third-order valence-electron chi connectivity index (χ3n) is 5.28. The van der Waals surface area contributed by atoms with E-state index >= 15 is 0 Å². The molecule has 0 saturated heterocycles. The third kappa shape index (κ3) is 7.01. The summed E-state index contributed by atoms with van der Waals surface area (Å²) in [6.45, 7) is 4.63. The van der Waals surface area contributed by atoms with Crippen molar-refractivity contribution in [1.82, 2.24) is 10.7 Å². The maximum Gasteiger partial charge on any atom is 0.259 e. The van der Waals surface area contributed by atoms with Gasteiger partial charge in [0, 0.05) is 5.56 Å². The molecular formula is C27H26BrN3O6. The molecule has 0 radical (unpaired) electrons. The van der Waals surface area contributed by atoms with E-state index in [2.05, 4.69) is 31.8 Å². The number of fused-ring (bicyclic) bond motifs is 1. The highest BCUT2D eigenvalue weighted by atomic mass is 79.9. The Hall–Kier alpha value is -4.05. The number of hydrazone groups is 1. The monoisotopic (exact) mass is 567 g/mol. The number of carbonyl (C=O) groups excluding carboxylic acids is 2. The van der Waals surface area contributed by atoms with Crippen molar-refractivity contribution in [3.8, 4) is 23.0 Å². The zero-order chi connectivity index (χ0) is 26.2. The second kappa shape index (κ2) is 12.3. The van der Waals surface area contributed by atoms with Crippen LogP contribution in [0.25, 0.3) is 0 Å². The number of nitrogens with zero attached hydrogens (tertiary/aromatic N) is 1. The van der Waals surface area contributed by atoms with Gasteiger partial charge >= 0.3 is 0 Å². The Balaban J connectivity index is 1.32. The van der Waals surface area contributed by atoms with Crippen LogP contribution in [-0.4, -0.2) is 38.0 Å². The Bertz CT molecular complexity index is 1310. The average Bonchev–Trinajstić information content (AvgIpc) is 3.36. The van der Waals surface area contributed by atoms with Gasteiger partial charge in [-0.05, 0) is 71.2 Å². The first kappa shape index (κ1) is 26.0. The fourth-order valence-corrected chi connectivity index (χ4v) is 4.00.